The number of hydrogen-bond donors (Lipinski definition) is 2. The SMILES string of the molecule is CC(CC(=O)NS(=O)(=O)c1ccc(Cl)cc1)[C@@H](C=O)NC(=O)c1ccccc1. The molecule has 2 aromatic carbocycles. The Kier molecular flexibility index (Phi) is 7.31. The number of rotatable bonds is 8. The minimum absolute atomic E-state index is 0.109. The van der Waals surface area contributed by atoms with Crippen LogP contribution in [0.4, 0.5) is 0 Å². The smallest absolute Gasteiger partial charge is 0.264 e. The van der Waals surface area contributed by atoms with Gasteiger partial charge in [0.2, 0.25) is 5.91 Å². The summed E-state index contributed by atoms with van der Waals surface area (Å²) in [5.74, 6) is -1.87. The maximum absolute atomic E-state index is 12.2. The molecule has 1 unspecified atom stereocenters. The third kappa shape index (κ3) is 5.90. The number of sulfonamides is 1. The second kappa shape index (κ2) is 9.48. The summed E-state index contributed by atoms with van der Waals surface area (Å²) in [7, 11) is -4.05. The summed E-state index contributed by atoms with van der Waals surface area (Å²) < 4.78 is 26.4. The molecule has 2 amide bonds. The Bertz CT molecular complexity index is 946. The van der Waals surface area contributed by atoms with Gasteiger partial charge in [0.05, 0.1) is 10.9 Å². The zero-order valence-corrected chi connectivity index (χ0v) is 16.5. The van der Waals surface area contributed by atoms with E-state index in [1.54, 1.807) is 37.3 Å². The number of hydrogen-bond acceptors (Lipinski definition) is 5. The molecule has 0 saturated carbocycles. The molecule has 2 atom stereocenters. The minimum atomic E-state index is -4.05. The highest BCUT2D eigenvalue weighted by Gasteiger charge is 2.24. The first-order valence-electron chi connectivity index (χ1n) is 8.35. The van der Waals surface area contributed by atoms with Gasteiger partial charge in [-0.05, 0) is 42.3 Å². The number of benzene rings is 2. The summed E-state index contributed by atoms with van der Waals surface area (Å²) in [5, 5.41) is 2.90. The van der Waals surface area contributed by atoms with E-state index in [0.717, 1.165) is 0 Å². The molecule has 28 heavy (non-hydrogen) atoms. The van der Waals surface area contributed by atoms with Gasteiger partial charge in [-0.3, -0.25) is 9.59 Å². The lowest BCUT2D eigenvalue weighted by atomic mass is 9.98. The van der Waals surface area contributed by atoms with Crippen molar-refractivity contribution in [2.45, 2.75) is 24.3 Å². The average Bonchev–Trinajstić information content (AvgIpc) is 2.66. The lowest BCUT2D eigenvalue weighted by Gasteiger charge is -2.20. The van der Waals surface area contributed by atoms with E-state index in [-0.39, 0.29) is 11.3 Å². The highest BCUT2D eigenvalue weighted by molar-refractivity contribution is 7.90. The van der Waals surface area contributed by atoms with E-state index in [1.807, 2.05) is 4.72 Å². The molecular formula is C19H19ClN2O5S. The zero-order chi connectivity index (χ0) is 20.7. The van der Waals surface area contributed by atoms with Crippen molar-refractivity contribution in [3.8, 4) is 0 Å². The first-order valence-corrected chi connectivity index (χ1v) is 10.2. The minimum Gasteiger partial charge on any atom is -0.342 e. The predicted octanol–water partition coefficient (Wildman–Crippen LogP) is 2.17. The fourth-order valence-corrected chi connectivity index (χ4v) is 3.54. The van der Waals surface area contributed by atoms with Gasteiger partial charge in [-0.15, -0.1) is 0 Å². The Hall–Kier alpha value is -2.71. The van der Waals surface area contributed by atoms with E-state index in [1.165, 1.54) is 24.3 Å². The molecule has 7 nitrogen and oxygen atoms in total. The van der Waals surface area contributed by atoms with Gasteiger partial charge in [0, 0.05) is 17.0 Å². The molecule has 0 fully saturated rings. The van der Waals surface area contributed by atoms with Gasteiger partial charge in [0.1, 0.15) is 6.29 Å². The van der Waals surface area contributed by atoms with Crippen LogP contribution >= 0.6 is 11.6 Å². The van der Waals surface area contributed by atoms with Crippen molar-refractivity contribution in [1.82, 2.24) is 10.0 Å². The summed E-state index contributed by atoms with van der Waals surface area (Å²) in [6, 6.07) is 12.7. The quantitative estimate of drug-likeness (QED) is 0.633. The van der Waals surface area contributed by atoms with Crippen molar-refractivity contribution in [3.05, 3.63) is 65.2 Å². The van der Waals surface area contributed by atoms with Crippen LogP contribution in [0.5, 0.6) is 0 Å². The van der Waals surface area contributed by atoms with Gasteiger partial charge in [-0.25, -0.2) is 13.1 Å². The number of nitrogens with one attached hydrogen (secondary N) is 2. The monoisotopic (exact) mass is 422 g/mol. The molecule has 0 bridgehead atoms. The van der Waals surface area contributed by atoms with Crippen LogP contribution in [0.3, 0.4) is 0 Å². The van der Waals surface area contributed by atoms with Crippen LogP contribution in [0.25, 0.3) is 0 Å². The summed E-state index contributed by atoms with van der Waals surface area (Å²) in [6.07, 6.45) is 0.248. The van der Waals surface area contributed by atoms with Crippen molar-refractivity contribution in [2.24, 2.45) is 5.92 Å². The standard InChI is InChI=1S/C19H19ClN2O5S/c1-13(17(12-23)21-19(25)14-5-3-2-4-6-14)11-18(24)22-28(26,27)16-9-7-15(20)8-10-16/h2-10,12-13,17H,11H2,1H3,(H,21,25)(H,22,24)/t13?,17-/m1/s1. The third-order valence-electron chi connectivity index (χ3n) is 3.97. The Balaban J connectivity index is 1.98. The van der Waals surface area contributed by atoms with Crippen molar-refractivity contribution in [3.63, 3.8) is 0 Å². The maximum atomic E-state index is 12.2. The highest BCUT2D eigenvalue weighted by atomic mass is 35.5. The van der Waals surface area contributed by atoms with Gasteiger partial charge >= 0.3 is 0 Å². The van der Waals surface area contributed by atoms with Crippen LogP contribution in [0.2, 0.25) is 5.02 Å². The van der Waals surface area contributed by atoms with Crippen molar-refractivity contribution in [1.29, 1.82) is 0 Å². The fourth-order valence-electron chi connectivity index (χ4n) is 2.42. The topological polar surface area (TPSA) is 109 Å². The van der Waals surface area contributed by atoms with E-state index in [0.29, 0.717) is 16.9 Å². The molecule has 0 spiro atoms. The Morgan fingerprint density at radius 2 is 1.68 bits per heavy atom. The molecule has 148 valence electrons. The van der Waals surface area contributed by atoms with Gasteiger partial charge in [0.15, 0.2) is 0 Å². The fraction of sp³-hybridized carbons (Fsp3) is 0.211. The summed E-state index contributed by atoms with van der Waals surface area (Å²) in [5.41, 5.74) is 0.372. The average molecular weight is 423 g/mol. The van der Waals surface area contributed by atoms with Gasteiger partial charge in [-0.1, -0.05) is 36.7 Å². The van der Waals surface area contributed by atoms with E-state index in [9.17, 15) is 22.8 Å². The van der Waals surface area contributed by atoms with Crippen LogP contribution in [-0.2, 0) is 19.6 Å². The molecule has 2 N–H and O–H groups in total. The lowest BCUT2D eigenvalue weighted by Crippen LogP contribution is -2.42. The van der Waals surface area contributed by atoms with Crippen LogP contribution in [0.1, 0.15) is 23.7 Å². The van der Waals surface area contributed by atoms with Crippen LogP contribution in [0.15, 0.2) is 59.5 Å². The lowest BCUT2D eigenvalue weighted by molar-refractivity contribution is -0.120. The van der Waals surface area contributed by atoms with Crippen molar-refractivity contribution in [2.75, 3.05) is 0 Å². The number of amides is 2. The number of carbonyl (C=O) groups excluding carboxylic acids is 3. The maximum Gasteiger partial charge on any atom is 0.264 e. The molecular weight excluding hydrogens is 404 g/mol. The summed E-state index contributed by atoms with van der Waals surface area (Å²) in [4.78, 5) is 35.6. The molecule has 2 aromatic rings. The van der Waals surface area contributed by atoms with Gasteiger partial charge in [-0.2, -0.15) is 0 Å². The third-order valence-corrected chi connectivity index (χ3v) is 5.61. The van der Waals surface area contributed by atoms with E-state index < -0.39 is 33.8 Å². The molecule has 2 rings (SSSR count). The Morgan fingerprint density at radius 1 is 1.07 bits per heavy atom. The Morgan fingerprint density at radius 3 is 2.25 bits per heavy atom. The van der Waals surface area contributed by atoms with E-state index >= 15 is 0 Å². The molecule has 0 saturated heterocycles. The second-order valence-electron chi connectivity index (χ2n) is 6.17. The molecule has 9 heteroatoms. The van der Waals surface area contributed by atoms with Crippen LogP contribution in [0, 0.1) is 5.92 Å². The zero-order valence-electron chi connectivity index (χ0n) is 15.0. The normalized spacial score (nSPS) is 13.2. The molecule has 0 aliphatic carbocycles. The van der Waals surface area contributed by atoms with Crippen molar-refractivity contribution >= 4 is 39.7 Å². The predicted molar refractivity (Wildman–Crippen MR) is 104 cm³/mol. The Labute approximate surface area is 168 Å². The van der Waals surface area contributed by atoms with E-state index in [2.05, 4.69) is 5.32 Å². The van der Waals surface area contributed by atoms with Crippen LogP contribution < -0.4 is 10.0 Å². The number of carbonyl (C=O) groups is 3. The highest BCUT2D eigenvalue weighted by Crippen LogP contribution is 2.15. The van der Waals surface area contributed by atoms with E-state index in [4.69, 9.17) is 11.6 Å². The summed E-state index contributed by atoms with van der Waals surface area (Å²) >= 11 is 5.72. The molecule has 0 aliphatic heterocycles. The molecule has 0 heterocycles. The van der Waals surface area contributed by atoms with Gasteiger partial charge in [0.25, 0.3) is 15.9 Å². The first kappa shape index (κ1) is 21.6. The van der Waals surface area contributed by atoms with Gasteiger partial charge < -0.3 is 10.1 Å². The summed E-state index contributed by atoms with van der Waals surface area (Å²) in [6.45, 7) is 1.57. The second-order valence-corrected chi connectivity index (χ2v) is 8.28. The molecule has 0 aliphatic rings. The van der Waals surface area contributed by atoms with Crippen LogP contribution in [-0.4, -0.2) is 32.6 Å². The molecule has 0 aromatic heterocycles. The largest absolute Gasteiger partial charge is 0.342 e. The number of halogens is 1. The molecule has 0 radical (unpaired) electrons. The van der Waals surface area contributed by atoms with Crippen molar-refractivity contribution < 1.29 is 22.8 Å². The first-order chi connectivity index (χ1) is 13.2. The number of aldehydes is 1.